The summed E-state index contributed by atoms with van der Waals surface area (Å²) in [5.41, 5.74) is 0. The van der Waals surface area contributed by atoms with Crippen LogP contribution in [0.3, 0.4) is 0 Å². The Morgan fingerprint density at radius 2 is 1.93 bits per heavy atom. The molecule has 0 radical (unpaired) electrons. The molecule has 0 aromatic carbocycles. The number of rotatable bonds is 5. The lowest BCUT2D eigenvalue weighted by molar-refractivity contribution is -0.124. The Morgan fingerprint density at radius 3 is 2.47 bits per heavy atom. The van der Waals surface area contributed by atoms with Crippen LogP contribution in [0.25, 0.3) is 0 Å². The van der Waals surface area contributed by atoms with Crippen LogP contribution in [0.15, 0.2) is 0 Å². The molecule has 0 bridgehead atoms. The summed E-state index contributed by atoms with van der Waals surface area (Å²) >= 11 is 0. The van der Waals surface area contributed by atoms with E-state index in [1.165, 1.54) is 12.8 Å². The Bertz CT molecular complexity index is 221. The number of methoxy groups -OCH3 is 1. The average Bonchev–Trinajstić information content (AvgIpc) is 3.03. The third-order valence-corrected chi connectivity index (χ3v) is 3.18. The first-order chi connectivity index (χ1) is 7.29. The van der Waals surface area contributed by atoms with Crippen molar-refractivity contribution >= 4 is 5.78 Å². The maximum atomic E-state index is 11.4. The number of ketones is 1. The third kappa shape index (κ3) is 3.26. The number of ether oxygens (including phenoxy) is 1. The number of nitrogens with zero attached hydrogens (tertiary/aromatic N) is 2. The minimum absolute atomic E-state index is 0.192. The van der Waals surface area contributed by atoms with Crippen molar-refractivity contribution in [1.29, 1.82) is 0 Å². The molecular formula is C11H20N2O2. The normalized spacial score (nSPS) is 24.3. The summed E-state index contributed by atoms with van der Waals surface area (Å²) in [6.45, 7) is 5.14. The van der Waals surface area contributed by atoms with Gasteiger partial charge in [-0.1, -0.05) is 0 Å². The highest BCUT2D eigenvalue weighted by atomic mass is 16.5. The van der Waals surface area contributed by atoms with Gasteiger partial charge in [-0.2, -0.15) is 0 Å². The molecule has 15 heavy (non-hydrogen) atoms. The van der Waals surface area contributed by atoms with Crippen LogP contribution >= 0.6 is 0 Å². The summed E-state index contributed by atoms with van der Waals surface area (Å²) in [4.78, 5) is 16.1. The Kier molecular flexibility index (Phi) is 3.72. The Balaban J connectivity index is 1.66. The maximum absolute atomic E-state index is 11.4. The molecule has 86 valence electrons. The molecule has 0 spiro atoms. The third-order valence-electron chi connectivity index (χ3n) is 3.18. The highest BCUT2D eigenvalue weighted by Crippen LogP contribution is 2.27. The van der Waals surface area contributed by atoms with Crippen molar-refractivity contribution in [3.8, 4) is 0 Å². The van der Waals surface area contributed by atoms with E-state index in [0.717, 1.165) is 32.2 Å². The van der Waals surface area contributed by atoms with Gasteiger partial charge in [0.25, 0.3) is 0 Å². The van der Waals surface area contributed by atoms with E-state index in [1.807, 2.05) is 0 Å². The number of Topliss-reactive ketones (excluding diaryl/α,β-unsaturated/α-hetero) is 1. The van der Waals surface area contributed by atoms with Gasteiger partial charge in [-0.25, -0.2) is 0 Å². The summed E-state index contributed by atoms with van der Waals surface area (Å²) in [7, 11) is 1.57. The monoisotopic (exact) mass is 212 g/mol. The van der Waals surface area contributed by atoms with E-state index < -0.39 is 0 Å². The largest absolute Gasteiger partial charge is 0.377 e. The SMILES string of the molecule is COCC(=O)CN1CCN(C2CC2)CC1. The molecule has 1 aliphatic heterocycles. The molecule has 0 N–H and O–H groups in total. The van der Waals surface area contributed by atoms with Gasteiger partial charge in [0.15, 0.2) is 5.78 Å². The van der Waals surface area contributed by atoms with Crippen molar-refractivity contribution in [3.63, 3.8) is 0 Å². The van der Waals surface area contributed by atoms with Gasteiger partial charge in [0.1, 0.15) is 6.61 Å². The van der Waals surface area contributed by atoms with E-state index in [-0.39, 0.29) is 12.4 Å². The van der Waals surface area contributed by atoms with Gasteiger partial charge < -0.3 is 4.74 Å². The van der Waals surface area contributed by atoms with Crippen molar-refractivity contribution in [3.05, 3.63) is 0 Å². The molecule has 1 heterocycles. The van der Waals surface area contributed by atoms with Crippen LogP contribution in [0, 0.1) is 0 Å². The molecule has 1 saturated heterocycles. The molecule has 0 unspecified atom stereocenters. The average molecular weight is 212 g/mol. The summed E-state index contributed by atoms with van der Waals surface area (Å²) in [6, 6.07) is 0.863. The van der Waals surface area contributed by atoms with Crippen LogP contribution in [0.4, 0.5) is 0 Å². The summed E-state index contributed by atoms with van der Waals surface area (Å²) in [5.74, 6) is 0.192. The predicted molar refractivity (Wildman–Crippen MR) is 57.9 cm³/mol. The van der Waals surface area contributed by atoms with Gasteiger partial charge in [0.05, 0.1) is 6.54 Å². The van der Waals surface area contributed by atoms with Gasteiger partial charge >= 0.3 is 0 Å². The fourth-order valence-electron chi connectivity index (χ4n) is 2.18. The lowest BCUT2D eigenvalue weighted by Crippen LogP contribution is -2.48. The summed E-state index contributed by atoms with van der Waals surface area (Å²) < 4.78 is 4.83. The van der Waals surface area contributed by atoms with Gasteiger partial charge in [-0.15, -0.1) is 0 Å². The second-order valence-electron chi connectivity index (χ2n) is 4.51. The fraction of sp³-hybridized carbons (Fsp3) is 0.909. The van der Waals surface area contributed by atoms with Crippen molar-refractivity contribution in [2.75, 3.05) is 46.4 Å². The van der Waals surface area contributed by atoms with Crippen molar-refractivity contribution in [1.82, 2.24) is 9.80 Å². The number of carbonyl (C=O) groups excluding carboxylic acids is 1. The molecular weight excluding hydrogens is 192 g/mol. The van der Waals surface area contributed by atoms with Gasteiger partial charge in [0.2, 0.25) is 0 Å². The maximum Gasteiger partial charge on any atom is 0.172 e. The van der Waals surface area contributed by atoms with Crippen molar-refractivity contribution < 1.29 is 9.53 Å². The second kappa shape index (κ2) is 5.05. The molecule has 4 heteroatoms. The zero-order valence-corrected chi connectivity index (χ0v) is 9.45. The van der Waals surface area contributed by atoms with E-state index in [0.29, 0.717) is 6.54 Å². The Labute approximate surface area is 91.2 Å². The first-order valence-corrected chi connectivity index (χ1v) is 5.76. The lowest BCUT2D eigenvalue weighted by atomic mass is 10.3. The smallest absolute Gasteiger partial charge is 0.172 e. The minimum atomic E-state index is 0.192. The molecule has 2 rings (SSSR count). The van der Waals surface area contributed by atoms with Crippen molar-refractivity contribution in [2.24, 2.45) is 0 Å². The molecule has 0 aromatic heterocycles. The quantitative estimate of drug-likeness (QED) is 0.641. The first-order valence-electron chi connectivity index (χ1n) is 5.76. The van der Waals surface area contributed by atoms with E-state index >= 15 is 0 Å². The highest BCUT2D eigenvalue weighted by Gasteiger charge is 2.31. The van der Waals surface area contributed by atoms with Gasteiger partial charge in [0, 0.05) is 39.3 Å². The highest BCUT2D eigenvalue weighted by molar-refractivity contribution is 5.81. The molecule has 2 fully saturated rings. The summed E-state index contributed by atoms with van der Waals surface area (Å²) in [5, 5.41) is 0. The van der Waals surface area contributed by atoms with Crippen LogP contribution < -0.4 is 0 Å². The van der Waals surface area contributed by atoms with Gasteiger partial charge in [-0.3, -0.25) is 14.6 Å². The zero-order valence-electron chi connectivity index (χ0n) is 9.45. The topological polar surface area (TPSA) is 32.8 Å². The van der Waals surface area contributed by atoms with E-state index in [4.69, 9.17) is 4.74 Å². The van der Waals surface area contributed by atoms with E-state index in [2.05, 4.69) is 9.80 Å². The number of carbonyl (C=O) groups is 1. The van der Waals surface area contributed by atoms with Gasteiger partial charge in [-0.05, 0) is 12.8 Å². The standard InChI is InChI=1S/C11H20N2O2/c1-15-9-11(14)8-12-4-6-13(7-5-12)10-2-3-10/h10H,2-9H2,1H3. The van der Waals surface area contributed by atoms with Crippen LogP contribution in [-0.4, -0.2) is 68.1 Å². The fourth-order valence-corrected chi connectivity index (χ4v) is 2.18. The molecule has 0 aromatic rings. The minimum Gasteiger partial charge on any atom is -0.377 e. The zero-order chi connectivity index (χ0) is 10.7. The molecule has 1 aliphatic carbocycles. The summed E-state index contributed by atoms with van der Waals surface area (Å²) in [6.07, 6.45) is 2.76. The second-order valence-corrected chi connectivity index (χ2v) is 4.51. The molecule has 0 atom stereocenters. The predicted octanol–water partition coefficient (Wildman–Crippen LogP) is -0.0181. The van der Waals surface area contributed by atoms with Crippen LogP contribution in [-0.2, 0) is 9.53 Å². The number of piperazine rings is 1. The first kappa shape index (κ1) is 11.0. The molecule has 4 nitrogen and oxygen atoms in total. The molecule has 0 amide bonds. The van der Waals surface area contributed by atoms with Crippen molar-refractivity contribution in [2.45, 2.75) is 18.9 Å². The molecule has 2 aliphatic rings. The number of hydrogen-bond acceptors (Lipinski definition) is 4. The lowest BCUT2D eigenvalue weighted by Gasteiger charge is -2.34. The van der Waals surface area contributed by atoms with Crippen LogP contribution in [0.1, 0.15) is 12.8 Å². The van der Waals surface area contributed by atoms with E-state index in [9.17, 15) is 4.79 Å². The molecule has 1 saturated carbocycles. The van der Waals surface area contributed by atoms with Crippen LogP contribution in [0.2, 0.25) is 0 Å². The van der Waals surface area contributed by atoms with Crippen LogP contribution in [0.5, 0.6) is 0 Å². The Morgan fingerprint density at radius 1 is 1.27 bits per heavy atom. The number of hydrogen-bond donors (Lipinski definition) is 0. The van der Waals surface area contributed by atoms with E-state index in [1.54, 1.807) is 7.11 Å². The Hall–Kier alpha value is -0.450.